The van der Waals surface area contributed by atoms with Crippen molar-refractivity contribution in [2.24, 2.45) is 5.41 Å². The molecule has 0 fully saturated rings. The van der Waals surface area contributed by atoms with Gasteiger partial charge in [-0.2, -0.15) is 0 Å². The molecule has 122 valence electrons. The summed E-state index contributed by atoms with van der Waals surface area (Å²) in [6.07, 6.45) is 0.702. The number of phosphoric acid groups is 1. The van der Waals surface area contributed by atoms with Crippen molar-refractivity contribution in [2.75, 3.05) is 13.2 Å². The lowest BCUT2D eigenvalue weighted by molar-refractivity contribution is -0.119. The maximum absolute atomic E-state index is 12.4. The summed E-state index contributed by atoms with van der Waals surface area (Å²) in [5.41, 5.74) is 1.56. The van der Waals surface area contributed by atoms with Crippen LogP contribution in [-0.2, 0) is 22.9 Å². The number of carbonyl (C=O) groups is 1. The highest BCUT2D eigenvalue weighted by molar-refractivity contribution is 7.48. The van der Waals surface area contributed by atoms with Gasteiger partial charge in [-0.1, -0.05) is 19.4 Å². The molecule has 0 amide bonds. The van der Waals surface area contributed by atoms with Crippen LogP contribution < -0.4 is 0 Å². The SMILES string of the molecule is CCOP(=O)(OCC)OC(C)C1=C(C)CC(C)(C)CC1=O. The highest BCUT2D eigenvalue weighted by atomic mass is 31.2. The summed E-state index contributed by atoms with van der Waals surface area (Å²) in [4.78, 5) is 12.4. The number of rotatable bonds is 7. The molecule has 21 heavy (non-hydrogen) atoms. The first-order valence-electron chi connectivity index (χ1n) is 7.44. The van der Waals surface area contributed by atoms with Gasteiger partial charge >= 0.3 is 7.82 Å². The molecule has 0 aliphatic heterocycles. The van der Waals surface area contributed by atoms with Crippen molar-refractivity contribution < 1.29 is 22.9 Å². The zero-order valence-corrected chi connectivity index (χ0v) is 14.8. The van der Waals surface area contributed by atoms with Crippen molar-refractivity contribution in [1.29, 1.82) is 0 Å². The van der Waals surface area contributed by atoms with E-state index in [0.29, 0.717) is 12.0 Å². The number of hydrogen-bond donors (Lipinski definition) is 0. The normalized spacial score (nSPS) is 20.8. The van der Waals surface area contributed by atoms with Crippen LogP contribution in [-0.4, -0.2) is 25.1 Å². The molecular formula is C15H27O5P. The summed E-state index contributed by atoms with van der Waals surface area (Å²) < 4.78 is 28.1. The van der Waals surface area contributed by atoms with Gasteiger partial charge in [-0.25, -0.2) is 4.57 Å². The molecule has 0 aromatic rings. The van der Waals surface area contributed by atoms with Crippen LogP contribution in [0.5, 0.6) is 0 Å². The standard InChI is InChI=1S/C15H27O5P/c1-7-18-21(17,19-8-2)20-12(4)14-11(3)9-15(5,6)10-13(14)16/h12H,7-10H2,1-6H3. The largest absolute Gasteiger partial charge is 0.475 e. The van der Waals surface area contributed by atoms with E-state index >= 15 is 0 Å². The number of ketones is 1. The number of allylic oxidation sites excluding steroid dienone is 1. The van der Waals surface area contributed by atoms with Gasteiger partial charge in [0, 0.05) is 12.0 Å². The van der Waals surface area contributed by atoms with E-state index in [1.165, 1.54) is 0 Å². The molecule has 1 atom stereocenters. The van der Waals surface area contributed by atoms with Crippen LogP contribution in [0, 0.1) is 5.41 Å². The van der Waals surface area contributed by atoms with Crippen molar-refractivity contribution in [2.45, 2.75) is 60.5 Å². The molecule has 0 saturated carbocycles. The van der Waals surface area contributed by atoms with E-state index in [4.69, 9.17) is 13.6 Å². The third-order valence-electron chi connectivity index (χ3n) is 3.41. The third kappa shape index (κ3) is 5.03. The lowest BCUT2D eigenvalue weighted by Crippen LogP contribution is -2.30. The predicted molar refractivity (Wildman–Crippen MR) is 82.1 cm³/mol. The Balaban J connectivity index is 2.94. The first-order valence-corrected chi connectivity index (χ1v) is 8.90. The van der Waals surface area contributed by atoms with E-state index in [1.54, 1.807) is 20.8 Å². The molecule has 0 N–H and O–H groups in total. The third-order valence-corrected chi connectivity index (χ3v) is 5.13. The average molecular weight is 318 g/mol. The maximum atomic E-state index is 12.4. The Labute approximate surface area is 127 Å². The van der Waals surface area contributed by atoms with Gasteiger partial charge in [0.15, 0.2) is 5.78 Å². The summed E-state index contributed by atoms with van der Waals surface area (Å²) in [6.45, 7) is 11.7. The summed E-state index contributed by atoms with van der Waals surface area (Å²) >= 11 is 0. The Hall–Kier alpha value is -0.480. The molecule has 0 aromatic heterocycles. The van der Waals surface area contributed by atoms with E-state index in [1.807, 2.05) is 6.92 Å². The molecule has 0 aromatic carbocycles. The van der Waals surface area contributed by atoms with Gasteiger partial charge in [0.1, 0.15) is 0 Å². The minimum Gasteiger partial charge on any atom is -0.294 e. The highest BCUT2D eigenvalue weighted by Crippen LogP contribution is 2.52. The van der Waals surface area contributed by atoms with E-state index in [-0.39, 0.29) is 24.4 Å². The van der Waals surface area contributed by atoms with Gasteiger partial charge in [0.25, 0.3) is 0 Å². The van der Waals surface area contributed by atoms with Crippen LogP contribution in [0.4, 0.5) is 0 Å². The molecule has 0 heterocycles. The van der Waals surface area contributed by atoms with E-state index in [9.17, 15) is 9.36 Å². The zero-order chi connectivity index (χ0) is 16.3. The topological polar surface area (TPSA) is 61.8 Å². The van der Waals surface area contributed by atoms with Crippen molar-refractivity contribution in [1.82, 2.24) is 0 Å². The summed E-state index contributed by atoms with van der Waals surface area (Å²) in [5, 5.41) is 0. The van der Waals surface area contributed by atoms with Crippen LogP contribution in [0.25, 0.3) is 0 Å². The minimum absolute atomic E-state index is 0.0338. The average Bonchev–Trinajstić information content (AvgIpc) is 2.25. The molecule has 5 nitrogen and oxygen atoms in total. The first kappa shape index (κ1) is 18.6. The monoisotopic (exact) mass is 318 g/mol. The van der Waals surface area contributed by atoms with Gasteiger partial charge in [0.05, 0.1) is 19.3 Å². The van der Waals surface area contributed by atoms with Crippen LogP contribution in [0.3, 0.4) is 0 Å². The van der Waals surface area contributed by atoms with Crippen LogP contribution >= 0.6 is 7.82 Å². The van der Waals surface area contributed by atoms with Gasteiger partial charge in [-0.15, -0.1) is 0 Å². The Morgan fingerprint density at radius 2 is 1.71 bits per heavy atom. The first-order chi connectivity index (χ1) is 9.64. The van der Waals surface area contributed by atoms with Crippen molar-refractivity contribution in [3.8, 4) is 0 Å². The fourth-order valence-corrected chi connectivity index (χ4v) is 4.20. The fraction of sp³-hybridized carbons (Fsp3) is 0.800. The van der Waals surface area contributed by atoms with Crippen molar-refractivity contribution in [3.05, 3.63) is 11.1 Å². The van der Waals surface area contributed by atoms with E-state index < -0.39 is 13.9 Å². The molecule has 0 bridgehead atoms. The molecule has 1 aliphatic carbocycles. The summed E-state index contributed by atoms with van der Waals surface area (Å²) in [7, 11) is -3.61. The fourth-order valence-electron chi connectivity index (χ4n) is 2.88. The van der Waals surface area contributed by atoms with E-state index in [2.05, 4.69) is 13.8 Å². The van der Waals surface area contributed by atoms with Crippen molar-refractivity contribution in [3.63, 3.8) is 0 Å². The van der Waals surface area contributed by atoms with Gasteiger partial charge < -0.3 is 0 Å². The number of hydrogen-bond acceptors (Lipinski definition) is 5. The molecule has 0 saturated heterocycles. The molecule has 1 aliphatic rings. The van der Waals surface area contributed by atoms with Gasteiger partial charge in [0.2, 0.25) is 0 Å². The van der Waals surface area contributed by atoms with Crippen LogP contribution in [0.1, 0.15) is 54.4 Å². The summed E-state index contributed by atoms with van der Waals surface area (Å²) in [5.74, 6) is 0.0517. The zero-order valence-electron chi connectivity index (χ0n) is 13.9. The lowest BCUT2D eigenvalue weighted by Gasteiger charge is -2.33. The highest BCUT2D eigenvalue weighted by Gasteiger charge is 2.37. The summed E-state index contributed by atoms with van der Waals surface area (Å²) in [6, 6.07) is 0. The molecule has 6 heteroatoms. The number of phosphoric ester groups is 1. The quantitative estimate of drug-likeness (QED) is 0.656. The van der Waals surface area contributed by atoms with Gasteiger partial charge in [-0.3, -0.25) is 18.4 Å². The minimum atomic E-state index is -3.61. The van der Waals surface area contributed by atoms with Crippen molar-refractivity contribution >= 4 is 13.6 Å². The predicted octanol–water partition coefficient (Wildman–Crippen LogP) is 4.28. The Morgan fingerprint density at radius 1 is 1.19 bits per heavy atom. The lowest BCUT2D eigenvalue weighted by atomic mass is 9.73. The Bertz CT molecular complexity index is 457. The molecule has 0 radical (unpaired) electrons. The Morgan fingerprint density at radius 3 is 2.14 bits per heavy atom. The smallest absolute Gasteiger partial charge is 0.294 e. The van der Waals surface area contributed by atoms with E-state index in [0.717, 1.165) is 12.0 Å². The molecule has 0 spiro atoms. The Kier molecular flexibility index (Phi) is 6.36. The second kappa shape index (κ2) is 7.19. The maximum Gasteiger partial charge on any atom is 0.475 e. The molecule has 1 rings (SSSR count). The van der Waals surface area contributed by atoms with Crippen LogP contribution in [0.2, 0.25) is 0 Å². The van der Waals surface area contributed by atoms with Crippen LogP contribution in [0.15, 0.2) is 11.1 Å². The molecular weight excluding hydrogens is 291 g/mol. The number of carbonyl (C=O) groups excluding carboxylic acids is 1. The second-order valence-corrected chi connectivity index (χ2v) is 7.79. The molecule has 1 unspecified atom stereocenters. The number of Topliss-reactive ketones (excluding diaryl/α,β-unsaturated/α-hetero) is 1. The second-order valence-electron chi connectivity index (χ2n) is 6.17. The van der Waals surface area contributed by atoms with Gasteiger partial charge in [-0.05, 0) is 39.5 Å².